The van der Waals surface area contributed by atoms with Crippen molar-refractivity contribution in [2.45, 2.75) is 43.8 Å². The van der Waals surface area contributed by atoms with E-state index in [-0.39, 0.29) is 17.2 Å². The fourth-order valence-corrected chi connectivity index (χ4v) is 7.26. The molecule has 0 atom stereocenters. The van der Waals surface area contributed by atoms with Gasteiger partial charge in [-0.1, -0.05) is 41.6 Å². The minimum absolute atomic E-state index is 0.0380. The highest BCUT2D eigenvalue weighted by atomic mass is 35.5. The molecule has 0 saturated carbocycles. The smallest absolute Gasteiger partial charge is 0.263 e. The van der Waals surface area contributed by atoms with Crippen LogP contribution in [-0.2, 0) is 30.6 Å². The van der Waals surface area contributed by atoms with Crippen LogP contribution in [0.1, 0.15) is 33.7 Å². The Kier molecular flexibility index (Phi) is 7.38. The Bertz CT molecular complexity index is 1460. The first-order valence-electron chi connectivity index (χ1n) is 11.3. The van der Waals surface area contributed by atoms with Gasteiger partial charge in [-0.3, -0.25) is 14.2 Å². The number of halogens is 1. The number of aromatic nitrogens is 3. The Labute approximate surface area is 220 Å². The molecule has 0 radical (unpaired) electrons. The number of carbonyl (C=O) groups excluding carboxylic acids is 1. The molecule has 35 heavy (non-hydrogen) atoms. The molecule has 3 heterocycles. The maximum absolute atomic E-state index is 13.3. The molecule has 180 valence electrons. The van der Waals surface area contributed by atoms with E-state index in [9.17, 15) is 9.59 Å². The largest absolute Gasteiger partial charge is 0.301 e. The van der Waals surface area contributed by atoms with E-state index in [4.69, 9.17) is 16.6 Å². The number of allylic oxidation sites excluding steroid dienone is 1. The number of anilines is 1. The molecule has 0 unspecified atom stereocenters. The van der Waals surface area contributed by atoms with E-state index >= 15 is 0 Å². The Morgan fingerprint density at radius 1 is 1.23 bits per heavy atom. The van der Waals surface area contributed by atoms with Crippen molar-refractivity contribution in [3.05, 3.63) is 79.4 Å². The summed E-state index contributed by atoms with van der Waals surface area (Å²) in [5.74, 6) is -0.0564. The predicted octanol–water partition coefficient (Wildman–Crippen LogP) is 5.95. The topological polar surface area (TPSA) is 76.9 Å². The lowest BCUT2D eigenvalue weighted by atomic mass is 9.97. The van der Waals surface area contributed by atoms with Crippen molar-refractivity contribution in [2.75, 3.05) is 11.1 Å². The first kappa shape index (κ1) is 24.2. The lowest BCUT2D eigenvalue weighted by molar-refractivity contribution is -0.113. The number of carbonyl (C=O) groups is 1. The molecule has 5 rings (SSSR count). The Balaban J connectivity index is 1.28. The zero-order valence-corrected chi connectivity index (χ0v) is 22.1. The number of amides is 1. The second-order valence-electron chi connectivity index (χ2n) is 8.26. The number of thiophene rings is 1. The van der Waals surface area contributed by atoms with E-state index in [1.807, 2.05) is 24.3 Å². The van der Waals surface area contributed by atoms with Crippen molar-refractivity contribution in [1.29, 1.82) is 0 Å². The molecular weight excluding hydrogens is 520 g/mol. The molecule has 1 N–H and O–H groups in total. The van der Waals surface area contributed by atoms with Crippen LogP contribution in [0.2, 0.25) is 5.02 Å². The van der Waals surface area contributed by atoms with Gasteiger partial charge in [0.25, 0.3) is 5.56 Å². The lowest BCUT2D eigenvalue weighted by Gasteiger charge is -2.12. The van der Waals surface area contributed by atoms with Crippen molar-refractivity contribution in [3.8, 4) is 0 Å². The fraction of sp³-hybridized carbons (Fsp3) is 0.280. The molecule has 1 aromatic carbocycles. The summed E-state index contributed by atoms with van der Waals surface area (Å²) in [5.41, 5.74) is 2.26. The van der Waals surface area contributed by atoms with Gasteiger partial charge in [-0.15, -0.1) is 29.3 Å². The van der Waals surface area contributed by atoms with Gasteiger partial charge in [0.2, 0.25) is 5.91 Å². The molecule has 1 amide bonds. The molecule has 0 bridgehead atoms. The van der Waals surface area contributed by atoms with E-state index in [0.29, 0.717) is 21.9 Å². The number of thiazole rings is 1. The van der Waals surface area contributed by atoms with Gasteiger partial charge < -0.3 is 5.32 Å². The Hall–Kier alpha value is -2.46. The fourth-order valence-electron chi connectivity index (χ4n) is 4.16. The summed E-state index contributed by atoms with van der Waals surface area (Å²) in [7, 11) is 0. The van der Waals surface area contributed by atoms with Crippen LogP contribution in [0.15, 0.2) is 53.1 Å². The van der Waals surface area contributed by atoms with Gasteiger partial charge in [0.1, 0.15) is 4.83 Å². The van der Waals surface area contributed by atoms with E-state index in [2.05, 4.69) is 16.9 Å². The Morgan fingerprint density at radius 2 is 2.03 bits per heavy atom. The highest BCUT2D eigenvalue weighted by Crippen LogP contribution is 2.34. The minimum Gasteiger partial charge on any atom is -0.301 e. The van der Waals surface area contributed by atoms with Crippen molar-refractivity contribution in [2.24, 2.45) is 0 Å². The number of nitrogens with zero attached hydrogens (tertiary/aromatic N) is 3. The van der Waals surface area contributed by atoms with E-state index < -0.39 is 0 Å². The third kappa shape index (κ3) is 5.38. The highest BCUT2D eigenvalue weighted by molar-refractivity contribution is 7.99. The van der Waals surface area contributed by atoms with Crippen LogP contribution >= 0.6 is 46.0 Å². The van der Waals surface area contributed by atoms with Crippen LogP contribution in [0.25, 0.3) is 10.2 Å². The van der Waals surface area contributed by atoms with Gasteiger partial charge in [-0.05, 0) is 48.9 Å². The summed E-state index contributed by atoms with van der Waals surface area (Å²) >= 11 is 10.3. The van der Waals surface area contributed by atoms with E-state index in [1.54, 1.807) is 28.2 Å². The number of hydrogen-bond acceptors (Lipinski definition) is 7. The van der Waals surface area contributed by atoms with Gasteiger partial charge in [0, 0.05) is 33.9 Å². The van der Waals surface area contributed by atoms with Crippen LogP contribution in [0.3, 0.4) is 0 Å². The minimum atomic E-state index is -0.188. The third-order valence-corrected chi connectivity index (χ3v) is 9.10. The van der Waals surface area contributed by atoms with Crippen molar-refractivity contribution in [3.63, 3.8) is 0 Å². The highest BCUT2D eigenvalue weighted by Gasteiger charge is 2.22. The molecule has 6 nitrogen and oxygen atoms in total. The molecule has 3 aromatic heterocycles. The van der Waals surface area contributed by atoms with Gasteiger partial charge in [0.15, 0.2) is 10.3 Å². The van der Waals surface area contributed by atoms with E-state index in [1.165, 1.54) is 33.5 Å². The first-order valence-corrected chi connectivity index (χ1v) is 14.3. The monoisotopic (exact) mass is 542 g/mol. The molecular formula is C25H23ClN4O2S3. The predicted molar refractivity (Wildman–Crippen MR) is 146 cm³/mol. The quantitative estimate of drug-likeness (QED) is 0.169. The summed E-state index contributed by atoms with van der Waals surface area (Å²) in [4.78, 5) is 38.2. The van der Waals surface area contributed by atoms with Crippen LogP contribution in [0.4, 0.5) is 5.13 Å². The van der Waals surface area contributed by atoms with Crippen molar-refractivity contribution >= 4 is 67.3 Å². The normalized spacial score (nSPS) is 13.1. The summed E-state index contributed by atoms with van der Waals surface area (Å²) < 4.78 is 1.63. The molecule has 10 heteroatoms. The molecule has 0 fully saturated rings. The summed E-state index contributed by atoms with van der Waals surface area (Å²) in [5, 5.41) is 5.41. The number of thioether (sulfide) groups is 1. The summed E-state index contributed by atoms with van der Waals surface area (Å²) in [6, 6.07) is 7.68. The maximum Gasteiger partial charge on any atom is 0.263 e. The van der Waals surface area contributed by atoms with Crippen LogP contribution < -0.4 is 10.9 Å². The maximum atomic E-state index is 13.3. The summed E-state index contributed by atoms with van der Waals surface area (Å²) in [6.07, 6.45) is 8.39. The number of hydrogen-bond donors (Lipinski definition) is 1. The number of benzene rings is 1. The van der Waals surface area contributed by atoms with E-state index in [0.717, 1.165) is 52.8 Å². The second-order valence-corrected chi connectivity index (χ2v) is 11.8. The van der Waals surface area contributed by atoms with Crippen molar-refractivity contribution < 1.29 is 4.79 Å². The summed E-state index contributed by atoms with van der Waals surface area (Å²) in [6.45, 7) is 4.15. The Morgan fingerprint density at radius 3 is 2.83 bits per heavy atom. The third-order valence-electron chi connectivity index (χ3n) is 5.78. The zero-order chi connectivity index (χ0) is 24.4. The van der Waals surface area contributed by atoms with Gasteiger partial charge >= 0.3 is 0 Å². The number of aryl methyl sites for hydroxylation is 2. The van der Waals surface area contributed by atoms with Crippen LogP contribution in [0.5, 0.6) is 0 Å². The molecule has 0 saturated heterocycles. The van der Waals surface area contributed by atoms with Crippen LogP contribution in [0, 0.1) is 0 Å². The molecule has 1 aliphatic rings. The van der Waals surface area contributed by atoms with Crippen molar-refractivity contribution in [1.82, 2.24) is 14.5 Å². The molecule has 0 spiro atoms. The zero-order valence-electron chi connectivity index (χ0n) is 18.9. The molecule has 1 aliphatic carbocycles. The first-order chi connectivity index (χ1) is 17.0. The molecule has 0 aliphatic heterocycles. The average molecular weight is 543 g/mol. The van der Waals surface area contributed by atoms with Gasteiger partial charge in [-0.25, -0.2) is 9.97 Å². The standard InChI is InChI=1S/C25H23ClN4O2S3/c1-2-11-30-23(32)21-18-5-3-4-6-19(18)35-22(21)29-25(30)33-14-20(31)28-24-27-13-17(34-24)12-15-7-9-16(26)10-8-15/h2,7-10,13H,1,3-6,11-12,14H2,(H,27,28,31). The average Bonchev–Trinajstić information content (AvgIpc) is 3.45. The van der Waals surface area contributed by atoms with Crippen LogP contribution in [-0.4, -0.2) is 26.2 Å². The van der Waals surface area contributed by atoms with Gasteiger partial charge in [-0.2, -0.15) is 0 Å². The van der Waals surface area contributed by atoms with Gasteiger partial charge in [0.05, 0.1) is 11.1 Å². The second kappa shape index (κ2) is 10.7. The molecule has 4 aromatic rings. The number of fused-ring (bicyclic) bond motifs is 3. The number of rotatable bonds is 8. The number of nitrogens with one attached hydrogen (secondary N) is 1. The SMILES string of the molecule is C=CCn1c(SCC(=O)Nc2ncc(Cc3ccc(Cl)cc3)s2)nc2sc3c(c2c1=O)CCCC3. The lowest BCUT2D eigenvalue weighted by Crippen LogP contribution is -2.24.